The SMILES string of the molecule is CCCCCCCCCCCCS(=O)(=O)CCNCc1c(O)cc2c(c1O)-c1cc(ccc1O)[C@H]1NC(=O)[C@@H]3NC(=O)[C@H](CC(N)=O)NC(=O)[C@H](NC(=O)[C@@H](CC(C)C)NC)[C@H](O)c4ccc(c(Cl)c4)Oc4cc3cc(c4O[C@@H]3O[C@H](CN)[C@@H](O)[C@H](O)[C@H]3O[C@H]3C[C@](C)(N)[C@H](O)[C@H](C)O3)Oc3ccc(cc3Cl)[C@@H](O)[C@H](NC1=O)C(=O)N[C@@H]2C(=O)O. The van der Waals surface area contributed by atoms with E-state index in [4.69, 9.17) is 68.8 Å². The molecule has 7 aliphatic heterocycles. The van der Waals surface area contributed by atoms with E-state index in [9.17, 15) is 68.8 Å². The number of phenolic OH excluding ortho intramolecular Hbond substituents is 3. The number of aliphatic hydroxyl groups excluding tert-OH is 5. The fourth-order valence-corrected chi connectivity index (χ4v) is 16.9. The zero-order valence-corrected chi connectivity index (χ0v) is 69.3. The third kappa shape index (κ3) is 22.3. The van der Waals surface area contributed by atoms with E-state index in [1.54, 1.807) is 0 Å². The number of benzene rings is 5. The number of carboxylic acid groups (broad SMARTS) is 1. The number of hydrogen-bond acceptors (Lipinski definition) is 28. The van der Waals surface area contributed by atoms with Crippen molar-refractivity contribution < 1.29 is 121 Å². The monoisotopic (exact) mass is 1740 g/mol. The minimum absolute atomic E-state index is 0.110. The summed E-state index contributed by atoms with van der Waals surface area (Å²) in [6.45, 7) is 7.58. The number of amides is 7. The molecule has 120 heavy (non-hydrogen) atoms. The van der Waals surface area contributed by atoms with E-state index in [1.807, 2.05) is 13.8 Å². The molecule has 5 aromatic rings. The molecule has 11 bridgehead atoms. The number of nitrogens with two attached hydrogens (primary N) is 3. The Morgan fingerprint density at radius 1 is 0.692 bits per heavy atom. The second-order valence-electron chi connectivity index (χ2n) is 31.5. The van der Waals surface area contributed by atoms with Gasteiger partial charge in [-0.15, -0.1) is 0 Å². The number of phenols is 3. The first-order chi connectivity index (χ1) is 56.8. The van der Waals surface area contributed by atoms with Crippen LogP contribution in [0.4, 0.5) is 0 Å². The Morgan fingerprint density at radius 2 is 1.28 bits per heavy atom. The van der Waals surface area contributed by atoms with Gasteiger partial charge in [0.05, 0.1) is 51.8 Å². The molecule has 2 saturated heterocycles. The molecular formula is C81H107Cl2N11O25S. The van der Waals surface area contributed by atoms with Crippen molar-refractivity contribution in [2.24, 2.45) is 23.1 Å². The molecule has 0 radical (unpaired) electrons. The number of unbranched alkanes of at least 4 members (excludes halogenated alkanes) is 9. The number of aromatic hydroxyl groups is 3. The summed E-state index contributed by atoms with van der Waals surface area (Å²) in [5, 5.41) is 127. The predicted octanol–water partition coefficient (Wildman–Crippen LogP) is 3.50. The molecule has 0 aliphatic carbocycles. The van der Waals surface area contributed by atoms with Gasteiger partial charge in [-0.1, -0.05) is 120 Å². The molecular weight excluding hydrogens is 1630 g/mol. The van der Waals surface area contributed by atoms with Gasteiger partial charge in [-0.05, 0) is 117 Å². The number of primary amides is 1. The van der Waals surface area contributed by atoms with E-state index in [-0.39, 0.29) is 58.7 Å². The highest BCUT2D eigenvalue weighted by Crippen LogP contribution is 2.51. The van der Waals surface area contributed by atoms with Gasteiger partial charge in [-0.25, -0.2) is 13.2 Å². The summed E-state index contributed by atoms with van der Waals surface area (Å²) in [4.78, 5) is 119. The first-order valence-corrected chi connectivity index (χ1v) is 42.4. The summed E-state index contributed by atoms with van der Waals surface area (Å²) < 4.78 is 65.5. The van der Waals surface area contributed by atoms with Crippen LogP contribution in [0.25, 0.3) is 11.1 Å². The molecule has 12 rings (SSSR count). The van der Waals surface area contributed by atoms with Crippen molar-refractivity contribution in [1.82, 2.24) is 42.5 Å². The van der Waals surface area contributed by atoms with Crippen LogP contribution in [0.15, 0.2) is 72.8 Å². The Kier molecular flexibility index (Phi) is 31.5. The lowest BCUT2D eigenvalue weighted by Gasteiger charge is -2.47. The molecule has 5 aromatic carbocycles. The molecule has 39 heteroatoms. The molecule has 36 nitrogen and oxygen atoms in total. The van der Waals surface area contributed by atoms with Crippen molar-refractivity contribution in [3.8, 4) is 57.1 Å². The number of fused-ring (bicyclic) bond motifs is 15. The standard InChI is InChI=1S/C81H107Cl2N11O25S/c1-7-8-9-10-11-12-13-14-15-16-24-120(112,113)25-23-88-36-45-51(96)32-44-59(67(45)100)43-27-39(17-20-50(43)95)60-75(106)94-64(78(109)92-62(44)79(110)111)66(99)41-19-22-53(47(83)29-41)116-55-31-42-30-54(70(55)119-80-71(69(102)68(101)56(35-84)117-80)118-58-34-81(5,86)72(103)38(4)114-58)115-52-21-18-40(28-46(52)82)65(98)63(93-73(104)48(87-6)26-37(2)3)77(108)89-49(33-57(85)97)74(105)90-61(42)76(107)91-60/h17-22,27-32,37-38,48-49,56,58,60-66,68-69,71-72,80,87-88,95-96,98-103H,7-16,23-26,33-36,84,86H2,1-6H3,(H2,85,97)(H,89,108)(H,90,105)(H,91,107)(H,92,109)(H,93,104)(H,94,106)(H,110,111)/t38-,48+,49-,56+,58-,60+,61+,62-,63+,64-,65+,66+,68+,69-,71+,72+,80-,81-/m0/s1. The lowest BCUT2D eigenvalue weighted by Crippen LogP contribution is -2.65. The summed E-state index contributed by atoms with van der Waals surface area (Å²) >= 11 is 14.3. The quantitative estimate of drug-likeness (QED) is 0.0305. The number of aliphatic carboxylic acids is 1. The van der Waals surface area contributed by atoms with Crippen molar-refractivity contribution in [3.63, 3.8) is 0 Å². The number of aliphatic hydroxyl groups is 5. The van der Waals surface area contributed by atoms with E-state index in [0.717, 1.165) is 99.2 Å². The Bertz CT molecular complexity index is 4700. The maximum absolute atomic E-state index is 16.4. The number of rotatable bonds is 29. The Hall–Kier alpha value is -9.29. The first kappa shape index (κ1) is 93.0. The summed E-state index contributed by atoms with van der Waals surface area (Å²) in [5.41, 5.74) is 13.6. The third-order valence-electron chi connectivity index (χ3n) is 21.8. The van der Waals surface area contributed by atoms with Crippen molar-refractivity contribution >= 4 is 80.4 Å². The molecule has 7 aliphatic rings. The maximum Gasteiger partial charge on any atom is 0.330 e. The second kappa shape index (κ2) is 40.6. The summed E-state index contributed by atoms with van der Waals surface area (Å²) in [7, 11) is -2.17. The van der Waals surface area contributed by atoms with E-state index >= 15 is 24.0 Å². The smallest absolute Gasteiger partial charge is 0.330 e. The largest absolute Gasteiger partial charge is 0.507 e. The van der Waals surface area contributed by atoms with Crippen LogP contribution in [0.3, 0.4) is 0 Å². The van der Waals surface area contributed by atoms with Gasteiger partial charge in [-0.2, -0.15) is 0 Å². The fraction of sp³-hybridized carbons (Fsp3) is 0.531. The minimum atomic E-state index is -3.65. The highest BCUT2D eigenvalue weighted by Gasteiger charge is 2.52. The molecule has 0 aromatic heterocycles. The van der Waals surface area contributed by atoms with Crippen LogP contribution in [0.1, 0.15) is 182 Å². The average molecular weight is 1740 g/mol. The fourth-order valence-electron chi connectivity index (χ4n) is 15.1. The highest BCUT2D eigenvalue weighted by atomic mass is 35.5. The number of hydrogen-bond donors (Lipinski definition) is 20. The van der Waals surface area contributed by atoms with Gasteiger partial charge < -0.3 is 134 Å². The topological polar surface area (TPSA) is 582 Å². The minimum Gasteiger partial charge on any atom is -0.507 e. The molecule has 7 heterocycles. The van der Waals surface area contributed by atoms with Crippen LogP contribution in [-0.4, -0.2) is 212 Å². The third-order valence-corrected chi connectivity index (χ3v) is 24.1. The van der Waals surface area contributed by atoms with Crippen LogP contribution in [0.5, 0.6) is 46.0 Å². The molecule has 2 fully saturated rings. The number of carbonyl (C=O) groups excluding carboxylic acids is 7. The van der Waals surface area contributed by atoms with Gasteiger partial charge in [0.15, 0.2) is 39.8 Å². The van der Waals surface area contributed by atoms with Gasteiger partial charge in [-0.3, -0.25) is 33.6 Å². The second-order valence-corrected chi connectivity index (χ2v) is 34.7. The van der Waals surface area contributed by atoms with Crippen LogP contribution in [0.2, 0.25) is 10.0 Å². The Balaban J connectivity index is 1.16. The van der Waals surface area contributed by atoms with E-state index in [2.05, 4.69) is 49.5 Å². The number of carboxylic acids is 1. The molecule has 0 spiro atoms. The van der Waals surface area contributed by atoms with E-state index in [1.165, 1.54) is 45.9 Å². The first-order valence-electron chi connectivity index (χ1n) is 39.8. The molecule has 18 atom stereocenters. The van der Waals surface area contributed by atoms with Gasteiger partial charge in [0.25, 0.3) is 0 Å². The Morgan fingerprint density at radius 3 is 1.87 bits per heavy atom. The van der Waals surface area contributed by atoms with Gasteiger partial charge in [0, 0.05) is 48.3 Å². The lowest BCUT2D eigenvalue weighted by atomic mass is 9.86. The van der Waals surface area contributed by atoms with E-state index in [0.29, 0.717) is 12.8 Å². The number of carbonyl (C=O) groups is 8. The van der Waals surface area contributed by atoms with Crippen LogP contribution in [-0.2, 0) is 68.9 Å². The molecule has 23 N–H and O–H groups in total. The predicted molar refractivity (Wildman–Crippen MR) is 433 cm³/mol. The Labute approximate surface area is 702 Å². The summed E-state index contributed by atoms with van der Waals surface area (Å²) in [6.07, 6.45) is -8.42. The van der Waals surface area contributed by atoms with Crippen molar-refractivity contribution in [2.45, 2.75) is 234 Å². The zero-order chi connectivity index (χ0) is 87.5. The number of nitrogens with one attached hydrogen (secondary N) is 8. The van der Waals surface area contributed by atoms with Crippen molar-refractivity contribution in [2.75, 3.05) is 31.6 Å². The summed E-state index contributed by atoms with van der Waals surface area (Å²) in [6, 6.07) is -1.75. The molecule has 0 saturated carbocycles. The van der Waals surface area contributed by atoms with Crippen LogP contribution in [0, 0.1) is 5.92 Å². The normalized spacial score (nSPS) is 26.8. The van der Waals surface area contributed by atoms with Crippen LogP contribution < -0.4 is 73.9 Å². The van der Waals surface area contributed by atoms with Crippen molar-refractivity contribution in [3.05, 3.63) is 116 Å². The molecule has 0 unspecified atom stereocenters. The average Bonchev–Trinajstić information content (AvgIpc) is 0.751. The number of ether oxygens (including phenoxy) is 6. The van der Waals surface area contributed by atoms with Gasteiger partial charge in [0.1, 0.15) is 89.5 Å². The maximum atomic E-state index is 16.4. The highest BCUT2D eigenvalue weighted by molar-refractivity contribution is 7.91. The molecule has 656 valence electrons. The van der Waals surface area contributed by atoms with Gasteiger partial charge >= 0.3 is 5.97 Å². The number of halogens is 2. The zero-order valence-electron chi connectivity index (χ0n) is 67.0. The summed E-state index contributed by atoms with van der Waals surface area (Å²) in [5.74, 6) is -16.9. The number of likely N-dealkylation sites (N-methyl/N-ethyl adjacent to an activating group) is 1. The van der Waals surface area contributed by atoms with Gasteiger partial charge in [0.2, 0.25) is 53.4 Å². The van der Waals surface area contributed by atoms with Crippen molar-refractivity contribution in [1.29, 1.82) is 0 Å². The number of sulfone groups is 1. The van der Waals surface area contributed by atoms with E-state index < -0.39 is 265 Å². The lowest BCUT2D eigenvalue weighted by molar-refractivity contribution is -0.330. The molecule has 7 amide bonds. The van der Waals surface area contributed by atoms with Crippen LogP contribution >= 0.6 is 23.2 Å².